The van der Waals surface area contributed by atoms with Crippen LogP contribution < -0.4 is 15.9 Å². The zero-order valence-corrected chi connectivity index (χ0v) is 28.2. The van der Waals surface area contributed by atoms with Crippen LogP contribution in [0.4, 0.5) is 5.69 Å². The summed E-state index contributed by atoms with van der Waals surface area (Å²) in [4.78, 5) is 42.2. The number of likely N-dealkylation sites (tertiary alicyclic amines) is 1. The molecule has 1 saturated heterocycles. The van der Waals surface area contributed by atoms with Gasteiger partial charge >= 0.3 is 286 Å². The van der Waals surface area contributed by atoms with E-state index in [-0.39, 0.29) is 36.6 Å². The number of β-lactam (4-membered cyclic amide) rings is 1. The average molecular weight is 675 g/mol. The van der Waals surface area contributed by atoms with Gasteiger partial charge in [0.05, 0.1) is 0 Å². The zero-order valence-electron chi connectivity index (χ0n) is 26.3. The van der Waals surface area contributed by atoms with Gasteiger partial charge in [-0.05, 0) is 0 Å². The van der Waals surface area contributed by atoms with Crippen LogP contribution in [0.2, 0.25) is 0 Å². The SMILES string of the molecule is CC(C(=S)c1ccccc1)C1CC(=O)N1C(C(=O)OCc1ccc([N+](=O)[O-])cc1)[PH](c1ccccc1)(c1ccccc1)c1ccccc1. The number of nitro groups is 1. The van der Waals surface area contributed by atoms with Gasteiger partial charge in [-0.15, -0.1) is 0 Å². The predicted molar refractivity (Wildman–Crippen MR) is 196 cm³/mol. The van der Waals surface area contributed by atoms with Crippen molar-refractivity contribution in [1.82, 2.24) is 4.90 Å². The standard InChI is InChI=1S/C39H35N2O5PS/c1-28(37(48)30-14-6-2-7-15-30)35-26-36(42)40(35)38(39(43)46-27-29-22-24-31(25-23-29)41(44)45)47(32-16-8-3-9-17-32,33-18-10-4-11-19-33)34-20-12-5-13-21-34/h2-25,28,35,38,47H,26-27H2,1H3. The molecule has 0 saturated carbocycles. The van der Waals surface area contributed by atoms with Crippen molar-refractivity contribution in [2.45, 2.75) is 31.8 Å². The molecule has 242 valence electrons. The fourth-order valence-electron chi connectivity index (χ4n) is 6.77. The summed E-state index contributed by atoms with van der Waals surface area (Å²) in [6.45, 7) is 1.91. The molecule has 5 aromatic rings. The van der Waals surface area contributed by atoms with Gasteiger partial charge in [-0.2, -0.15) is 0 Å². The van der Waals surface area contributed by atoms with E-state index in [9.17, 15) is 19.7 Å². The first-order valence-corrected chi connectivity index (χ1v) is 18.3. The van der Waals surface area contributed by atoms with E-state index in [1.807, 2.05) is 128 Å². The minimum atomic E-state index is -3.46. The summed E-state index contributed by atoms with van der Waals surface area (Å²) in [7, 11) is -3.46. The van der Waals surface area contributed by atoms with Gasteiger partial charge in [0.15, 0.2) is 0 Å². The van der Waals surface area contributed by atoms with Gasteiger partial charge in [0.2, 0.25) is 0 Å². The van der Waals surface area contributed by atoms with Crippen molar-refractivity contribution >= 4 is 57.8 Å². The van der Waals surface area contributed by atoms with Crippen LogP contribution in [0.1, 0.15) is 24.5 Å². The number of esters is 1. The molecule has 1 aliphatic heterocycles. The number of amides is 1. The number of hydrogen-bond acceptors (Lipinski definition) is 6. The van der Waals surface area contributed by atoms with Crippen LogP contribution in [0, 0.1) is 16.0 Å². The van der Waals surface area contributed by atoms with Crippen LogP contribution in [-0.2, 0) is 20.9 Å². The van der Waals surface area contributed by atoms with Crippen molar-refractivity contribution in [3.8, 4) is 0 Å². The zero-order chi connectivity index (χ0) is 33.7. The molecule has 1 fully saturated rings. The number of nitrogens with zero attached hydrogens (tertiary/aromatic N) is 2. The Morgan fingerprint density at radius 1 is 0.812 bits per heavy atom. The van der Waals surface area contributed by atoms with Crippen molar-refractivity contribution in [2.24, 2.45) is 5.92 Å². The van der Waals surface area contributed by atoms with Gasteiger partial charge in [0.1, 0.15) is 0 Å². The number of thiocarbonyl (C=S) groups is 1. The first-order valence-electron chi connectivity index (χ1n) is 15.8. The molecular formula is C39H35N2O5PS. The average Bonchev–Trinajstić information content (AvgIpc) is 3.14. The van der Waals surface area contributed by atoms with Crippen LogP contribution in [-0.4, -0.2) is 38.4 Å². The number of non-ortho nitro benzene ring substituents is 1. The molecule has 0 radical (unpaired) electrons. The summed E-state index contributed by atoms with van der Waals surface area (Å²) < 4.78 is 6.14. The maximum atomic E-state index is 14.9. The van der Waals surface area contributed by atoms with E-state index in [1.165, 1.54) is 12.1 Å². The molecule has 0 aromatic heterocycles. The fourth-order valence-corrected chi connectivity index (χ4v) is 12.4. The molecule has 48 heavy (non-hydrogen) atoms. The molecule has 1 aliphatic rings. The number of carbonyl (C=O) groups is 2. The minimum absolute atomic E-state index is 0.0519. The predicted octanol–water partition coefficient (Wildman–Crippen LogP) is 6.35. The molecule has 1 heterocycles. The van der Waals surface area contributed by atoms with E-state index in [0.29, 0.717) is 5.56 Å². The Bertz CT molecular complexity index is 1810. The fraction of sp³-hybridized carbons (Fsp3) is 0.154. The Hall–Kier alpha value is -5.04. The molecule has 0 bridgehead atoms. The Balaban J connectivity index is 1.52. The summed E-state index contributed by atoms with van der Waals surface area (Å²) in [5.74, 6) is -1.89. The van der Waals surface area contributed by atoms with Gasteiger partial charge in [-0.3, -0.25) is 0 Å². The summed E-state index contributed by atoms with van der Waals surface area (Å²) in [6, 6.07) is 45.2. The molecule has 0 spiro atoms. The molecule has 9 heteroatoms. The van der Waals surface area contributed by atoms with Crippen LogP contribution in [0.15, 0.2) is 146 Å². The summed E-state index contributed by atoms with van der Waals surface area (Å²) in [5.41, 5.74) is 1.46. The van der Waals surface area contributed by atoms with Crippen molar-refractivity contribution < 1.29 is 19.2 Å². The quantitative estimate of drug-likeness (QED) is 0.0292. The van der Waals surface area contributed by atoms with Crippen molar-refractivity contribution in [1.29, 1.82) is 0 Å². The van der Waals surface area contributed by atoms with E-state index in [4.69, 9.17) is 17.0 Å². The Labute approximate surface area is 285 Å². The van der Waals surface area contributed by atoms with Crippen molar-refractivity contribution in [3.05, 3.63) is 167 Å². The summed E-state index contributed by atoms with van der Waals surface area (Å²) in [5, 5.41) is 14.1. The molecule has 3 unspecified atom stereocenters. The van der Waals surface area contributed by atoms with Gasteiger partial charge in [0, 0.05) is 0 Å². The van der Waals surface area contributed by atoms with E-state index in [2.05, 4.69) is 0 Å². The first-order chi connectivity index (χ1) is 23.3. The molecule has 6 rings (SSSR count). The second-order valence-electron chi connectivity index (χ2n) is 11.9. The third-order valence-electron chi connectivity index (χ3n) is 9.21. The van der Waals surface area contributed by atoms with Crippen LogP contribution in [0.5, 0.6) is 0 Å². The normalized spacial score (nSPS) is 15.9. The van der Waals surface area contributed by atoms with E-state index >= 15 is 0 Å². The van der Waals surface area contributed by atoms with Crippen molar-refractivity contribution in [3.63, 3.8) is 0 Å². The number of carbonyl (C=O) groups excluding carboxylic acids is 2. The van der Waals surface area contributed by atoms with Crippen LogP contribution >= 0.6 is 19.5 Å². The molecule has 5 aromatic carbocycles. The number of benzene rings is 5. The number of hydrogen-bond donors (Lipinski definition) is 0. The van der Waals surface area contributed by atoms with Gasteiger partial charge < -0.3 is 0 Å². The molecule has 1 amide bonds. The van der Waals surface area contributed by atoms with E-state index in [1.54, 1.807) is 17.0 Å². The third kappa shape index (κ3) is 6.29. The number of nitro benzene ring substituents is 1. The second kappa shape index (κ2) is 14.4. The Kier molecular flexibility index (Phi) is 9.85. The monoisotopic (exact) mass is 674 g/mol. The van der Waals surface area contributed by atoms with Crippen LogP contribution in [0.25, 0.3) is 0 Å². The number of rotatable bonds is 12. The molecule has 0 N–H and O–H groups in total. The molecule has 7 nitrogen and oxygen atoms in total. The van der Waals surface area contributed by atoms with Gasteiger partial charge in [-0.25, -0.2) is 0 Å². The molecule has 3 atom stereocenters. The molecule has 0 aliphatic carbocycles. The first kappa shape index (κ1) is 32.9. The summed E-state index contributed by atoms with van der Waals surface area (Å²) >= 11 is 5.99. The van der Waals surface area contributed by atoms with Gasteiger partial charge in [0.25, 0.3) is 0 Å². The topological polar surface area (TPSA) is 89.8 Å². The number of ether oxygens (including phenoxy) is 1. The Morgan fingerprint density at radius 3 is 1.71 bits per heavy atom. The van der Waals surface area contributed by atoms with Crippen LogP contribution in [0.3, 0.4) is 0 Å². The molecular weight excluding hydrogens is 639 g/mol. The Morgan fingerprint density at radius 2 is 1.27 bits per heavy atom. The summed E-state index contributed by atoms with van der Waals surface area (Å²) in [6.07, 6.45) is 0.253. The van der Waals surface area contributed by atoms with Gasteiger partial charge in [-0.1, -0.05) is 0 Å². The van der Waals surface area contributed by atoms with E-state index < -0.39 is 23.9 Å². The third-order valence-corrected chi connectivity index (χ3v) is 14.9. The maximum absolute atomic E-state index is 14.9. The van der Waals surface area contributed by atoms with Crippen molar-refractivity contribution in [2.75, 3.05) is 0 Å². The van der Waals surface area contributed by atoms with E-state index in [0.717, 1.165) is 26.3 Å². The second-order valence-corrected chi connectivity index (χ2v) is 16.3.